The van der Waals surface area contributed by atoms with Crippen LogP contribution in [0, 0.1) is 10.1 Å². The molecule has 1 aliphatic heterocycles. The third-order valence-electron chi connectivity index (χ3n) is 5.34. The average molecular weight is 455 g/mol. The Morgan fingerprint density at radius 2 is 1.66 bits per heavy atom. The second-order valence-electron chi connectivity index (χ2n) is 7.68. The molecule has 32 heavy (non-hydrogen) atoms. The van der Waals surface area contributed by atoms with Gasteiger partial charge >= 0.3 is 0 Å². The fraction of sp³-hybridized carbons (Fsp3) is 0.304. The predicted molar refractivity (Wildman–Crippen MR) is 126 cm³/mol. The van der Waals surface area contributed by atoms with E-state index in [1.807, 2.05) is 43.3 Å². The van der Waals surface area contributed by atoms with E-state index in [1.54, 1.807) is 21.9 Å². The van der Waals surface area contributed by atoms with E-state index in [1.165, 1.54) is 24.8 Å². The molecule has 0 saturated carbocycles. The van der Waals surface area contributed by atoms with Gasteiger partial charge in [-0.3, -0.25) is 19.7 Å². The Bertz CT molecular complexity index is 1060. The second kappa shape index (κ2) is 9.86. The number of benzene rings is 2. The molecule has 1 fully saturated rings. The van der Waals surface area contributed by atoms with Gasteiger partial charge in [0.25, 0.3) is 11.6 Å². The van der Waals surface area contributed by atoms with Crippen LogP contribution < -0.4 is 4.90 Å². The lowest BCUT2D eigenvalue weighted by Crippen LogP contribution is -2.50. The second-order valence-corrected chi connectivity index (χ2v) is 8.76. The van der Waals surface area contributed by atoms with Crippen molar-refractivity contribution >= 4 is 40.5 Å². The lowest BCUT2D eigenvalue weighted by molar-refractivity contribution is -0.387. The number of anilines is 1. The number of rotatable bonds is 6. The van der Waals surface area contributed by atoms with Crippen LogP contribution in [0.1, 0.15) is 12.5 Å². The SMILES string of the molecule is C=C(C(=O)N1CCN(C(C)=O)CC1)c1ccc(Sc2ccccc2N(C)C)c([N+](=O)[O-])c1. The van der Waals surface area contributed by atoms with Crippen molar-refractivity contribution < 1.29 is 14.5 Å². The van der Waals surface area contributed by atoms with Gasteiger partial charge in [0.1, 0.15) is 0 Å². The maximum absolute atomic E-state index is 12.9. The molecule has 1 heterocycles. The van der Waals surface area contributed by atoms with E-state index in [0.717, 1.165) is 10.6 Å². The summed E-state index contributed by atoms with van der Waals surface area (Å²) >= 11 is 1.31. The fourth-order valence-corrected chi connectivity index (χ4v) is 4.62. The van der Waals surface area contributed by atoms with Crippen molar-refractivity contribution in [2.24, 2.45) is 0 Å². The molecule has 0 atom stereocenters. The van der Waals surface area contributed by atoms with Gasteiger partial charge in [-0.05, 0) is 23.8 Å². The highest BCUT2D eigenvalue weighted by atomic mass is 32.2. The van der Waals surface area contributed by atoms with E-state index >= 15 is 0 Å². The minimum Gasteiger partial charge on any atom is -0.377 e. The van der Waals surface area contributed by atoms with Crippen LogP contribution in [0.15, 0.2) is 58.8 Å². The molecule has 2 aromatic carbocycles. The van der Waals surface area contributed by atoms with Gasteiger partial charge in [-0.25, -0.2) is 0 Å². The van der Waals surface area contributed by atoms with Crippen molar-refractivity contribution in [3.63, 3.8) is 0 Å². The van der Waals surface area contributed by atoms with Crippen molar-refractivity contribution in [2.45, 2.75) is 16.7 Å². The number of piperazine rings is 1. The number of carbonyl (C=O) groups excluding carboxylic acids is 2. The van der Waals surface area contributed by atoms with E-state index in [2.05, 4.69) is 6.58 Å². The minimum absolute atomic E-state index is 0.0181. The third-order valence-corrected chi connectivity index (χ3v) is 6.47. The van der Waals surface area contributed by atoms with Gasteiger partial charge in [-0.15, -0.1) is 0 Å². The van der Waals surface area contributed by atoms with Crippen LogP contribution in [-0.4, -0.2) is 66.8 Å². The van der Waals surface area contributed by atoms with Gasteiger partial charge in [0.15, 0.2) is 0 Å². The molecular weight excluding hydrogens is 428 g/mol. The molecule has 1 saturated heterocycles. The number of nitro groups is 1. The molecule has 0 unspecified atom stereocenters. The van der Waals surface area contributed by atoms with E-state index in [9.17, 15) is 19.7 Å². The van der Waals surface area contributed by atoms with Gasteiger partial charge in [-0.2, -0.15) is 0 Å². The molecule has 3 rings (SSSR count). The summed E-state index contributed by atoms with van der Waals surface area (Å²) < 4.78 is 0. The van der Waals surface area contributed by atoms with Gasteiger partial charge in [-0.1, -0.05) is 36.5 Å². The van der Waals surface area contributed by atoms with Crippen molar-refractivity contribution in [2.75, 3.05) is 45.2 Å². The Morgan fingerprint density at radius 3 is 2.25 bits per heavy atom. The molecule has 8 nitrogen and oxygen atoms in total. The molecule has 0 bridgehead atoms. The maximum Gasteiger partial charge on any atom is 0.283 e. The maximum atomic E-state index is 12.9. The van der Waals surface area contributed by atoms with Crippen LogP contribution in [0.25, 0.3) is 5.57 Å². The van der Waals surface area contributed by atoms with Crippen LogP contribution in [0.5, 0.6) is 0 Å². The first-order valence-corrected chi connectivity index (χ1v) is 11.0. The molecule has 0 aliphatic carbocycles. The number of para-hydroxylation sites is 1. The Morgan fingerprint density at radius 1 is 1.03 bits per heavy atom. The zero-order chi connectivity index (χ0) is 23.4. The molecule has 1 aliphatic rings. The number of hydrogen-bond donors (Lipinski definition) is 0. The number of nitro benzene ring substituents is 1. The van der Waals surface area contributed by atoms with Crippen LogP contribution in [0.2, 0.25) is 0 Å². The van der Waals surface area contributed by atoms with Gasteiger partial charge in [0.2, 0.25) is 5.91 Å². The molecular formula is C23H26N4O4S. The lowest BCUT2D eigenvalue weighted by atomic mass is 10.1. The number of amides is 2. The first-order valence-electron chi connectivity index (χ1n) is 10.2. The third kappa shape index (κ3) is 5.11. The predicted octanol–water partition coefficient (Wildman–Crippen LogP) is 3.52. The Balaban J connectivity index is 1.82. The number of nitrogens with zero attached hydrogens (tertiary/aromatic N) is 4. The zero-order valence-electron chi connectivity index (χ0n) is 18.4. The lowest BCUT2D eigenvalue weighted by Gasteiger charge is -2.34. The first-order chi connectivity index (χ1) is 15.2. The summed E-state index contributed by atoms with van der Waals surface area (Å²) in [7, 11) is 3.84. The topological polar surface area (TPSA) is 87.0 Å². The van der Waals surface area contributed by atoms with E-state index in [0.29, 0.717) is 36.6 Å². The highest BCUT2D eigenvalue weighted by Crippen LogP contribution is 2.40. The Hall–Kier alpha value is -3.33. The Kier molecular flexibility index (Phi) is 7.19. The summed E-state index contributed by atoms with van der Waals surface area (Å²) in [5.74, 6) is -0.295. The summed E-state index contributed by atoms with van der Waals surface area (Å²) in [6.45, 7) is 7.16. The minimum atomic E-state index is -0.437. The highest BCUT2D eigenvalue weighted by molar-refractivity contribution is 7.99. The van der Waals surface area contributed by atoms with Crippen molar-refractivity contribution in [3.8, 4) is 0 Å². The summed E-state index contributed by atoms with van der Waals surface area (Å²) in [4.78, 5) is 42.4. The summed E-state index contributed by atoms with van der Waals surface area (Å²) in [5.41, 5.74) is 1.51. The summed E-state index contributed by atoms with van der Waals surface area (Å²) in [5, 5.41) is 11.8. The zero-order valence-corrected chi connectivity index (χ0v) is 19.2. The molecule has 0 radical (unpaired) electrons. The van der Waals surface area contributed by atoms with Gasteiger partial charge < -0.3 is 14.7 Å². The molecule has 2 aromatic rings. The largest absolute Gasteiger partial charge is 0.377 e. The highest BCUT2D eigenvalue weighted by Gasteiger charge is 2.26. The molecule has 0 N–H and O–H groups in total. The van der Waals surface area contributed by atoms with E-state index < -0.39 is 4.92 Å². The average Bonchev–Trinajstić information content (AvgIpc) is 2.78. The summed E-state index contributed by atoms with van der Waals surface area (Å²) in [6.07, 6.45) is 0. The quantitative estimate of drug-likeness (QED) is 0.377. The molecule has 9 heteroatoms. The van der Waals surface area contributed by atoms with Crippen molar-refractivity contribution in [1.82, 2.24) is 9.80 Å². The molecule has 0 spiro atoms. The van der Waals surface area contributed by atoms with Crippen molar-refractivity contribution in [1.29, 1.82) is 0 Å². The number of hydrogen-bond acceptors (Lipinski definition) is 6. The summed E-state index contributed by atoms with van der Waals surface area (Å²) in [6, 6.07) is 12.4. The van der Waals surface area contributed by atoms with E-state index in [-0.39, 0.29) is 23.1 Å². The smallest absolute Gasteiger partial charge is 0.283 e. The Labute approximate surface area is 191 Å². The van der Waals surface area contributed by atoms with Crippen LogP contribution in [0.3, 0.4) is 0 Å². The molecule has 0 aromatic heterocycles. The molecule has 2 amide bonds. The monoisotopic (exact) mass is 454 g/mol. The van der Waals surface area contributed by atoms with Gasteiger partial charge in [0.05, 0.1) is 15.5 Å². The number of carbonyl (C=O) groups is 2. The normalized spacial score (nSPS) is 13.6. The van der Waals surface area contributed by atoms with Crippen molar-refractivity contribution in [3.05, 3.63) is 64.7 Å². The standard InChI is InChI=1S/C23H26N4O4S/c1-16(23(29)26-13-11-25(12-14-26)17(2)28)18-9-10-22(20(15-18)27(30)31)32-21-8-6-5-7-19(21)24(3)4/h5-10,15H,1,11-14H2,2-4H3. The first kappa shape index (κ1) is 23.3. The van der Waals surface area contributed by atoms with Crippen LogP contribution >= 0.6 is 11.8 Å². The van der Waals surface area contributed by atoms with Crippen LogP contribution in [0.4, 0.5) is 11.4 Å². The van der Waals surface area contributed by atoms with E-state index in [4.69, 9.17) is 0 Å². The van der Waals surface area contributed by atoms with Gasteiger partial charge in [0, 0.05) is 63.7 Å². The fourth-order valence-electron chi connectivity index (χ4n) is 3.50. The van der Waals surface area contributed by atoms with Crippen LogP contribution in [-0.2, 0) is 9.59 Å². The molecule has 168 valence electrons.